The zero-order chi connectivity index (χ0) is 18.1. The number of hydrogen-bond donors (Lipinski definition) is 2. The van der Waals surface area contributed by atoms with E-state index in [2.05, 4.69) is 15.3 Å². The van der Waals surface area contributed by atoms with Gasteiger partial charge in [0, 0.05) is 0 Å². The van der Waals surface area contributed by atoms with E-state index in [0.717, 1.165) is 5.56 Å². The van der Waals surface area contributed by atoms with Gasteiger partial charge < -0.3 is 15.0 Å². The molecule has 2 aromatic carbocycles. The Morgan fingerprint density at radius 1 is 1.04 bits per heavy atom. The van der Waals surface area contributed by atoms with Gasteiger partial charge in [0.05, 0.1) is 17.6 Å². The third kappa shape index (κ3) is 2.55. The second-order valence-corrected chi connectivity index (χ2v) is 5.75. The van der Waals surface area contributed by atoms with Gasteiger partial charge >= 0.3 is 5.97 Å². The summed E-state index contributed by atoms with van der Waals surface area (Å²) >= 11 is 0. The fraction of sp³-hybridized carbons (Fsp3) is 0.0526. The summed E-state index contributed by atoms with van der Waals surface area (Å²) in [6, 6.07) is 16.8. The van der Waals surface area contributed by atoms with Gasteiger partial charge in [-0.1, -0.05) is 42.5 Å². The van der Waals surface area contributed by atoms with Crippen molar-refractivity contribution in [3.05, 3.63) is 65.7 Å². The number of hydrogen-bond acceptors (Lipinski definition) is 4. The number of rotatable bonds is 5. The van der Waals surface area contributed by atoms with Crippen LogP contribution in [-0.4, -0.2) is 32.0 Å². The van der Waals surface area contributed by atoms with Gasteiger partial charge in [-0.2, -0.15) is 0 Å². The standard InChI is InChI=1S/C19H14N4O3/c24-11-20-17-15(19(25)26)16-18(22-14-9-5-4-8-13(14)21-16)23(17)10-12-6-2-1-3-7-12/h1-9,11H,10H2,(H,20,24)(H,25,26). The summed E-state index contributed by atoms with van der Waals surface area (Å²) in [5, 5.41) is 12.2. The van der Waals surface area contributed by atoms with E-state index in [0.29, 0.717) is 29.6 Å². The maximum atomic E-state index is 11.9. The number of carbonyl (C=O) groups excluding carboxylic acids is 1. The molecule has 0 saturated carbocycles. The molecule has 2 aromatic heterocycles. The highest BCUT2D eigenvalue weighted by Gasteiger charge is 2.25. The molecule has 0 radical (unpaired) electrons. The maximum absolute atomic E-state index is 11.9. The molecule has 0 spiro atoms. The predicted octanol–water partition coefficient (Wildman–Crippen LogP) is 2.90. The number of anilines is 1. The number of carbonyl (C=O) groups is 2. The van der Waals surface area contributed by atoms with Gasteiger partial charge in [0.2, 0.25) is 6.41 Å². The smallest absolute Gasteiger partial charge is 0.341 e. The Balaban J connectivity index is 2.06. The van der Waals surface area contributed by atoms with E-state index in [-0.39, 0.29) is 16.9 Å². The molecule has 2 N–H and O–H groups in total. The molecule has 0 aliphatic carbocycles. The van der Waals surface area contributed by atoms with Crippen LogP contribution < -0.4 is 5.32 Å². The van der Waals surface area contributed by atoms with E-state index in [1.54, 1.807) is 10.6 Å². The lowest BCUT2D eigenvalue weighted by Gasteiger charge is -2.10. The zero-order valence-corrected chi connectivity index (χ0v) is 13.6. The lowest BCUT2D eigenvalue weighted by atomic mass is 10.2. The molecule has 0 saturated heterocycles. The molecule has 7 nitrogen and oxygen atoms in total. The van der Waals surface area contributed by atoms with Gasteiger partial charge in [0.1, 0.15) is 16.9 Å². The number of carboxylic acid groups (broad SMARTS) is 1. The average molecular weight is 346 g/mol. The molecule has 1 amide bonds. The summed E-state index contributed by atoms with van der Waals surface area (Å²) in [6.45, 7) is 0.355. The van der Waals surface area contributed by atoms with Gasteiger partial charge in [-0.3, -0.25) is 4.79 Å². The number of aromatic carboxylic acids is 1. The Kier molecular flexibility index (Phi) is 3.81. The molecular formula is C19H14N4O3. The van der Waals surface area contributed by atoms with Crippen LogP contribution in [0.25, 0.3) is 22.2 Å². The molecule has 0 atom stereocenters. The van der Waals surface area contributed by atoms with Crippen LogP contribution in [0.4, 0.5) is 5.82 Å². The van der Waals surface area contributed by atoms with Crippen LogP contribution >= 0.6 is 0 Å². The first kappa shape index (κ1) is 15.8. The summed E-state index contributed by atoms with van der Waals surface area (Å²) < 4.78 is 1.67. The molecule has 0 fully saturated rings. The van der Waals surface area contributed by atoms with Crippen molar-refractivity contribution in [3.63, 3.8) is 0 Å². The monoisotopic (exact) mass is 346 g/mol. The number of aromatic nitrogens is 3. The highest BCUT2D eigenvalue weighted by Crippen LogP contribution is 2.30. The third-order valence-electron chi connectivity index (χ3n) is 4.14. The molecule has 4 rings (SSSR count). The van der Waals surface area contributed by atoms with Crippen molar-refractivity contribution in [3.8, 4) is 0 Å². The first-order chi connectivity index (χ1) is 12.7. The molecule has 4 aromatic rings. The number of carboxylic acids is 1. The van der Waals surface area contributed by atoms with E-state index in [1.807, 2.05) is 48.5 Å². The Morgan fingerprint density at radius 2 is 1.69 bits per heavy atom. The van der Waals surface area contributed by atoms with Gasteiger partial charge in [-0.15, -0.1) is 0 Å². The largest absolute Gasteiger partial charge is 0.477 e. The van der Waals surface area contributed by atoms with E-state index in [1.165, 1.54) is 0 Å². The Morgan fingerprint density at radius 3 is 2.35 bits per heavy atom. The number of nitrogens with zero attached hydrogens (tertiary/aromatic N) is 3. The minimum absolute atomic E-state index is 0.0683. The quantitative estimate of drug-likeness (QED) is 0.542. The van der Waals surface area contributed by atoms with Crippen LogP contribution in [0.3, 0.4) is 0 Å². The topological polar surface area (TPSA) is 97.1 Å². The molecule has 0 aliphatic heterocycles. The molecule has 26 heavy (non-hydrogen) atoms. The number of amides is 1. The van der Waals surface area contributed by atoms with E-state index in [9.17, 15) is 14.7 Å². The summed E-state index contributed by atoms with van der Waals surface area (Å²) in [5.41, 5.74) is 2.79. The minimum atomic E-state index is -1.17. The highest BCUT2D eigenvalue weighted by molar-refractivity contribution is 6.09. The van der Waals surface area contributed by atoms with Crippen LogP contribution in [0, 0.1) is 0 Å². The van der Waals surface area contributed by atoms with Crippen LogP contribution in [0.1, 0.15) is 15.9 Å². The van der Waals surface area contributed by atoms with E-state index < -0.39 is 5.97 Å². The van der Waals surface area contributed by atoms with Gasteiger partial charge in [-0.05, 0) is 17.7 Å². The van der Waals surface area contributed by atoms with Crippen LogP contribution in [0.15, 0.2) is 54.6 Å². The maximum Gasteiger partial charge on any atom is 0.341 e. The zero-order valence-electron chi connectivity index (χ0n) is 13.6. The van der Waals surface area contributed by atoms with Crippen molar-refractivity contribution in [2.24, 2.45) is 0 Å². The van der Waals surface area contributed by atoms with Crippen molar-refractivity contribution in [2.75, 3.05) is 5.32 Å². The molecule has 2 heterocycles. The molecular weight excluding hydrogens is 332 g/mol. The number of para-hydroxylation sites is 2. The Labute approximate surface area is 147 Å². The fourth-order valence-corrected chi connectivity index (χ4v) is 3.03. The van der Waals surface area contributed by atoms with Crippen molar-refractivity contribution in [2.45, 2.75) is 6.54 Å². The second-order valence-electron chi connectivity index (χ2n) is 5.75. The van der Waals surface area contributed by atoms with E-state index >= 15 is 0 Å². The van der Waals surface area contributed by atoms with Crippen LogP contribution in [0.5, 0.6) is 0 Å². The number of benzene rings is 2. The molecule has 7 heteroatoms. The lowest BCUT2D eigenvalue weighted by Crippen LogP contribution is -2.09. The highest BCUT2D eigenvalue weighted by atomic mass is 16.4. The number of nitrogens with one attached hydrogen (secondary N) is 1. The van der Waals surface area contributed by atoms with Crippen molar-refractivity contribution >= 4 is 40.4 Å². The Bertz CT molecular complexity index is 1140. The lowest BCUT2D eigenvalue weighted by molar-refractivity contribution is -0.105. The van der Waals surface area contributed by atoms with Crippen LogP contribution in [-0.2, 0) is 11.3 Å². The number of fused-ring (bicyclic) bond motifs is 2. The molecule has 0 aliphatic rings. The average Bonchev–Trinajstić information content (AvgIpc) is 2.94. The van der Waals surface area contributed by atoms with Crippen LogP contribution in [0.2, 0.25) is 0 Å². The Hall–Kier alpha value is -3.74. The van der Waals surface area contributed by atoms with Crippen molar-refractivity contribution in [1.29, 1.82) is 0 Å². The van der Waals surface area contributed by atoms with Crippen molar-refractivity contribution < 1.29 is 14.7 Å². The first-order valence-electron chi connectivity index (χ1n) is 7.95. The summed E-state index contributed by atoms with van der Waals surface area (Å²) in [5.74, 6) is -1.00. The normalized spacial score (nSPS) is 10.9. The summed E-state index contributed by atoms with van der Waals surface area (Å²) in [7, 11) is 0. The summed E-state index contributed by atoms with van der Waals surface area (Å²) in [4.78, 5) is 32.1. The molecule has 128 valence electrons. The SMILES string of the molecule is O=CNc1c(C(=O)O)c2nc3ccccc3nc2n1Cc1ccccc1. The minimum Gasteiger partial charge on any atom is -0.477 e. The third-order valence-corrected chi connectivity index (χ3v) is 4.14. The van der Waals surface area contributed by atoms with Crippen molar-refractivity contribution in [1.82, 2.24) is 14.5 Å². The van der Waals surface area contributed by atoms with Gasteiger partial charge in [-0.25, -0.2) is 14.8 Å². The molecule has 0 unspecified atom stereocenters. The predicted molar refractivity (Wildman–Crippen MR) is 97.2 cm³/mol. The van der Waals surface area contributed by atoms with E-state index in [4.69, 9.17) is 0 Å². The second kappa shape index (κ2) is 6.29. The first-order valence-corrected chi connectivity index (χ1v) is 7.95. The molecule has 0 bridgehead atoms. The fourth-order valence-electron chi connectivity index (χ4n) is 3.03. The van der Waals surface area contributed by atoms with Gasteiger partial charge in [0.25, 0.3) is 0 Å². The summed E-state index contributed by atoms with van der Waals surface area (Å²) in [6.07, 6.45) is 0.460. The van der Waals surface area contributed by atoms with Gasteiger partial charge in [0.15, 0.2) is 5.65 Å².